The van der Waals surface area contributed by atoms with E-state index in [9.17, 15) is 0 Å². The molecule has 0 radical (unpaired) electrons. The van der Waals surface area contributed by atoms with Gasteiger partial charge in [-0.3, -0.25) is 0 Å². The number of benzene rings is 1. The minimum atomic E-state index is 0.429. The number of nitrogens with two attached hydrogens (primary N) is 1. The Morgan fingerprint density at radius 2 is 2.06 bits per heavy atom. The van der Waals surface area contributed by atoms with Gasteiger partial charge in [-0.05, 0) is 24.1 Å². The summed E-state index contributed by atoms with van der Waals surface area (Å²) < 4.78 is 0.994. The van der Waals surface area contributed by atoms with Crippen molar-refractivity contribution in [1.82, 2.24) is 0 Å². The number of thiocarbonyl (C=S) groups is 1. The molecule has 0 aliphatic carbocycles. The zero-order valence-corrected chi connectivity index (χ0v) is 12.7. The average molecular weight is 315 g/mol. The number of nitrogens with one attached hydrogen (secondary N) is 1. The van der Waals surface area contributed by atoms with Crippen LogP contribution in [0, 0.1) is 5.92 Å². The molecule has 17 heavy (non-hydrogen) atoms. The van der Waals surface area contributed by atoms with Crippen molar-refractivity contribution in [3.05, 3.63) is 28.2 Å². The average Bonchev–Trinajstić information content (AvgIpc) is 2.31. The van der Waals surface area contributed by atoms with Gasteiger partial charge in [0.05, 0.1) is 0 Å². The lowest BCUT2D eigenvalue weighted by Crippen LogP contribution is -2.17. The predicted molar refractivity (Wildman–Crippen MR) is 82.6 cm³/mol. The van der Waals surface area contributed by atoms with E-state index in [1.807, 2.05) is 18.2 Å². The van der Waals surface area contributed by atoms with Crippen molar-refractivity contribution < 1.29 is 0 Å². The van der Waals surface area contributed by atoms with Gasteiger partial charge in [-0.15, -0.1) is 0 Å². The molecule has 0 heterocycles. The zero-order valence-electron chi connectivity index (χ0n) is 10.3. The van der Waals surface area contributed by atoms with Gasteiger partial charge in [-0.25, -0.2) is 0 Å². The first kappa shape index (κ1) is 14.5. The molecule has 0 atom stereocenters. The number of anilines is 1. The highest BCUT2D eigenvalue weighted by atomic mass is 79.9. The second-order valence-electron chi connectivity index (χ2n) is 4.12. The molecule has 0 unspecified atom stereocenters. The van der Waals surface area contributed by atoms with Crippen LogP contribution in [0.1, 0.15) is 32.3 Å². The Morgan fingerprint density at radius 3 is 2.59 bits per heavy atom. The van der Waals surface area contributed by atoms with Crippen LogP contribution in [0.4, 0.5) is 5.69 Å². The van der Waals surface area contributed by atoms with Gasteiger partial charge in [0, 0.05) is 22.3 Å². The van der Waals surface area contributed by atoms with Crippen LogP contribution in [0.2, 0.25) is 0 Å². The molecule has 1 aromatic rings. The highest BCUT2D eigenvalue weighted by Gasteiger charge is 2.08. The standard InChI is InChI=1S/C13H19BrN2S/c1-3-9(4-2)8-16-12-6-5-10(14)7-11(12)13(15)17/h5-7,9,16H,3-4,8H2,1-2H3,(H2,15,17). The Bertz CT molecular complexity index is 389. The van der Waals surface area contributed by atoms with Gasteiger partial charge in [0.15, 0.2) is 0 Å². The lowest BCUT2D eigenvalue weighted by molar-refractivity contribution is 0.519. The van der Waals surface area contributed by atoms with E-state index in [-0.39, 0.29) is 0 Å². The number of halogens is 1. The fourth-order valence-electron chi connectivity index (χ4n) is 1.71. The Hall–Kier alpha value is -0.610. The second-order valence-corrected chi connectivity index (χ2v) is 5.47. The maximum atomic E-state index is 5.73. The quantitative estimate of drug-likeness (QED) is 0.781. The molecule has 94 valence electrons. The van der Waals surface area contributed by atoms with Gasteiger partial charge in [0.2, 0.25) is 0 Å². The summed E-state index contributed by atoms with van der Waals surface area (Å²) >= 11 is 8.49. The van der Waals surface area contributed by atoms with Crippen molar-refractivity contribution in [2.75, 3.05) is 11.9 Å². The van der Waals surface area contributed by atoms with Gasteiger partial charge in [0.1, 0.15) is 4.99 Å². The molecule has 0 amide bonds. The van der Waals surface area contributed by atoms with E-state index in [2.05, 4.69) is 35.1 Å². The van der Waals surface area contributed by atoms with Gasteiger partial charge < -0.3 is 11.1 Å². The first-order valence-electron chi connectivity index (χ1n) is 5.91. The number of hydrogen-bond acceptors (Lipinski definition) is 2. The van der Waals surface area contributed by atoms with Crippen LogP contribution in [0.15, 0.2) is 22.7 Å². The van der Waals surface area contributed by atoms with Crippen molar-refractivity contribution >= 4 is 38.8 Å². The van der Waals surface area contributed by atoms with Crippen LogP contribution in [0.5, 0.6) is 0 Å². The molecular weight excluding hydrogens is 296 g/mol. The third-order valence-electron chi connectivity index (χ3n) is 2.98. The third-order valence-corrected chi connectivity index (χ3v) is 3.70. The van der Waals surface area contributed by atoms with E-state index in [0.29, 0.717) is 10.9 Å². The topological polar surface area (TPSA) is 38.0 Å². The summed E-state index contributed by atoms with van der Waals surface area (Å²) in [6.07, 6.45) is 2.37. The molecule has 0 aromatic heterocycles. The Balaban J connectivity index is 2.80. The molecule has 0 spiro atoms. The van der Waals surface area contributed by atoms with Gasteiger partial charge in [0.25, 0.3) is 0 Å². The van der Waals surface area contributed by atoms with Crippen molar-refractivity contribution in [3.63, 3.8) is 0 Å². The normalized spacial score (nSPS) is 10.6. The second kappa shape index (κ2) is 6.97. The van der Waals surface area contributed by atoms with Crippen LogP contribution in [0.3, 0.4) is 0 Å². The van der Waals surface area contributed by atoms with Crippen molar-refractivity contribution in [1.29, 1.82) is 0 Å². The molecule has 0 saturated carbocycles. The van der Waals surface area contributed by atoms with Crippen molar-refractivity contribution in [2.24, 2.45) is 11.7 Å². The highest BCUT2D eigenvalue weighted by Crippen LogP contribution is 2.22. The van der Waals surface area contributed by atoms with E-state index in [1.165, 1.54) is 12.8 Å². The molecular formula is C13H19BrN2S. The monoisotopic (exact) mass is 314 g/mol. The summed E-state index contributed by atoms with van der Waals surface area (Å²) in [5.41, 5.74) is 7.65. The highest BCUT2D eigenvalue weighted by molar-refractivity contribution is 9.10. The van der Waals surface area contributed by atoms with Crippen LogP contribution in [-0.2, 0) is 0 Å². The predicted octanol–water partition coefficient (Wildman–Crippen LogP) is 3.93. The first-order chi connectivity index (χ1) is 8.08. The minimum Gasteiger partial charge on any atom is -0.389 e. The Kier molecular flexibility index (Phi) is 5.92. The molecule has 0 bridgehead atoms. The van der Waals surface area contributed by atoms with Crippen molar-refractivity contribution in [3.8, 4) is 0 Å². The molecule has 2 nitrogen and oxygen atoms in total. The van der Waals surface area contributed by atoms with Gasteiger partial charge >= 0.3 is 0 Å². The van der Waals surface area contributed by atoms with E-state index in [1.54, 1.807) is 0 Å². The van der Waals surface area contributed by atoms with E-state index in [0.717, 1.165) is 22.3 Å². The lowest BCUT2D eigenvalue weighted by Gasteiger charge is -2.16. The molecule has 4 heteroatoms. The lowest BCUT2D eigenvalue weighted by atomic mass is 10.0. The number of hydrogen-bond donors (Lipinski definition) is 2. The fraction of sp³-hybridized carbons (Fsp3) is 0.462. The summed E-state index contributed by atoms with van der Waals surface area (Å²) in [5.74, 6) is 0.692. The van der Waals surface area contributed by atoms with Crippen LogP contribution >= 0.6 is 28.1 Å². The Morgan fingerprint density at radius 1 is 1.41 bits per heavy atom. The minimum absolute atomic E-state index is 0.429. The zero-order chi connectivity index (χ0) is 12.8. The summed E-state index contributed by atoms with van der Waals surface area (Å²) in [7, 11) is 0. The van der Waals surface area contributed by atoms with Crippen LogP contribution in [0.25, 0.3) is 0 Å². The van der Waals surface area contributed by atoms with Gasteiger partial charge in [-0.2, -0.15) is 0 Å². The van der Waals surface area contributed by atoms with Crippen LogP contribution in [-0.4, -0.2) is 11.5 Å². The van der Waals surface area contributed by atoms with Crippen LogP contribution < -0.4 is 11.1 Å². The SMILES string of the molecule is CCC(CC)CNc1ccc(Br)cc1C(N)=S. The van der Waals surface area contributed by atoms with Gasteiger partial charge in [-0.1, -0.05) is 54.8 Å². The smallest absolute Gasteiger partial charge is 0.106 e. The molecule has 0 fully saturated rings. The molecule has 0 aliphatic heterocycles. The molecule has 1 aromatic carbocycles. The largest absolute Gasteiger partial charge is 0.389 e. The number of rotatable bonds is 6. The summed E-state index contributed by atoms with van der Waals surface area (Å²) in [5, 5.41) is 3.44. The van der Waals surface area contributed by atoms with E-state index >= 15 is 0 Å². The molecule has 3 N–H and O–H groups in total. The van der Waals surface area contributed by atoms with Crippen molar-refractivity contribution in [2.45, 2.75) is 26.7 Å². The molecule has 0 aliphatic rings. The summed E-state index contributed by atoms with van der Waals surface area (Å²) in [4.78, 5) is 0.429. The maximum Gasteiger partial charge on any atom is 0.106 e. The summed E-state index contributed by atoms with van der Waals surface area (Å²) in [6, 6.07) is 5.97. The third kappa shape index (κ3) is 4.28. The fourth-order valence-corrected chi connectivity index (χ4v) is 2.24. The Labute approximate surface area is 117 Å². The maximum absolute atomic E-state index is 5.73. The molecule has 0 saturated heterocycles. The van der Waals surface area contributed by atoms with E-state index in [4.69, 9.17) is 18.0 Å². The summed E-state index contributed by atoms with van der Waals surface area (Å²) in [6.45, 7) is 5.39. The molecule has 1 rings (SSSR count). The van der Waals surface area contributed by atoms with E-state index < -0.39 is 0 Å². The first-order valence-corrected chi connectivity index (χ1v) is 7.11.